The number of benzene rings is 1. The first-order chi connectivity index (χ1) is 9.54. The molecule has 1 aliphatic heterocycles. The number of hydrogen-bond donors (Lipinski definition) is 2. The molecule has 1 aromatic rings. The van der Waals surface area contributed by atoms with E-state index in [-0.39, 0.29) is 5.91 Å². The van der Waals surface area contributed by atoms with Crippen LogP contribution >= 0.6 is 0 Å². The minimum Gasteiger partial charge on any atom is -0.480 e. The standard InChI is InChI=1S/C15H20N2O3/c1-2-5-12(16)14(18)17-9-11-7-4-3-6-10(11)8-13(17)15(19)20/h3-4,6-7,12-13H,2,5,8-9,16H2,1H3,(H,19,20)/t12-,13+/m1/s1. The molecule has 1 aliphatic rings. The Labute approximate surface area is 118 Å². The first-order valence-corrected chi connectivity index (χ1v) is 6.90. The molecule has 0 saturated heterocycles. The predicted molar refractivity (Wildman–Crippen MR) is 75.0 cm³/mol. The Morgan fingerprint density at radius 1 is 1.40 bits per heavy atom. The minimum absolute atomic E-state index is 0.270. The van der Waals surface area contributed by atoms with Gasteiger partial charge in [-0.2, -0.15) is 0 Å². The molecule has 2 rings (SSSR count). The lowest BCUT2D eigenvalue weighted by molar-refractivity contribution is -0.152. The Hall–Kier alpha value is -1.88. The molecule has 0 fully saturated rings. The van der Waals surface area contributed by atoms with Gasteiger partial charge in [0.15, 0.2) is 0 Å². The molecule has 3 N–H and O–H groups in total. The van der Waals surface area contributed by atoms with Crippen LogP contribution in [0, 0.1) is 0 Å². The number of fused-ring (bicyclic) bond motifs is 1. The molecule has 0 spiro atoms. The highest BCUT2D eigenvalue weighted by Crippen LogP contribution is 2.24. The Morgan fingerprint density at radius 3 is 2.65 bits per heavy atom. The van der Waals surface area contributed by atoms with Crippen LogP contribution in [0.15, 0.2) is 24.3 Å². The fraction of sp³-hybridized carbons (Fsp3) is 0.467. The average Bonchev–Trinajstić information content (AvgIpc) is 2.45. The van der Waals surface area contributed by atoms with Gasteiger partial charge in [-0.15, -0.1) is 0 Å². The number of carbonyl (C=O) groups is 2. The van der Waals surface area contributed by atoms with Gasteiger partial charge in [-0.3, -0.25) is 4.79 Å². The Bertz CT molecular complexity index is 516. The zero-order chi connectivity index (χ0) is 14.7. The molecule has 1 heterocycles. The molecule has 5 heteroatoms. The van der Waals surface area contributed by atoms with Crippen molar-refractivity contribution in [3.8, 4) is 0 Å². The molecule has 108 valence electrons. The van der Waals surface area contributed by atoms with E-state index in [1.807, 2.05) is 31.2 Å². The van der Waals surface area contributed by atoms with Crippen LogP contribution in [0.5, 0.6) is 0 Å². The molecule has 1 amide bonds. The van der Waals surface area contributed by atoms with Crippen LogP contribution in [0.3, 0.4) is 0 Å². The second-order valence-corrected chi connectivity index (χ2v) is 5.19. The van der Waals surface area contributed by atoms with Gasteiger partial charge in [0.1, 0.15) is 6.04 Å². The van der Waals surface area contributed by atoms with E-state index in [4.69, 9.17) is 5.73 Å². The summed E-state index contributed by atoms with van der Waals surface area (Å²) >= 11 is 0. The van der Waals surface area contributed by atoms with Crippen molar-refractivity contribution >= 4 is 11.9 Å². The quantitative estimate of drug-likeness (QED) is 0.864. The van der Waals surface area contributed by atoms with Crippen LogP contribution in [-0.4, -0.2) is 34.0 Å². The van der Waals surface area contributed by atoms with Gasteiger partial charge in [0.25, 0.3) is 0 Å². The van der Waals surface area contributed by atoms with Crippen molar-refractivity contribution in [2.45, 2.75) is 44.8 Å². The number of nitrogens with two attached hydrogens (primary N) is 1. The second kappa shape index (κ2) is 6.05. The van der Waals surface area contributed by atoms with E-state index >= 15 is 0 Å². The van der Waals surface area contributed by atoms with Crippen molar-refractivity contribution in [1.82, 2.24) is 4.90 Å². The summed E-state index contributed by atoms with van der Waals surface area (Å²) in [7, 11) is 0. The van der Waals surface area contributed by atoms with Crippen molar-refractivity contribution in [3.63, 3.8) is 0 Å². The fourth-order valence-corrected chi connectivity index (χ4v) is 2.62. The summed E-state index contributed by atoms with van der Waals surface area (Å²) in [6, 6.07) is 6.19. The summed E-state index contributed by atoms with van der Waals surface area (Å²) in [5.74, 6) is -1.25. The highest BCUT2D eigenvalue weighted by Gasteiger charge is 2.36. The molecule has 20 heavy (non-hydrogen) atoms. The molecule has 0 saturated carbocycles. The van der Waals surface area contributed by atoms with Gasteiger partial charge in [0.05, 0.1) is 6.04 Å². The van der Waals surface area contributed by atoms with E-state index in [2.05, 4.69) is 0 Å². The zero-order valence-electron chi connectivity index (χ0n) is 11.6. The van der Waals surface area contributed by atoms with Crippen molar-refractivity contribution < 1.29 is 14.7 Å². The van der Waals surface area contributed by atoms with Crippen LogP contribution in [0.25, 0.3) is 0 Å². The van der Waals surface area contributed by atoms with Crippen LogP contribution in [0.2, 0.25) is 0 Å². The van der Waals surface area contributed by atoms with Crippen molar-refractivity contribution in [2.24, 2.45) is 5.73 Å². The van der Waals surface area contributed by atoms with Crippen LogP contribution < -0.4 is 5.73 Å². The molecule has 0 radical (unpaired) electrons. The monoisotopic (exact) mass is 276 g/mol. The summed E-state index contributed by atoms with van der Waals surface area (Å²) in [4.78, 5) is 25.2. The first-order valence-electron chi connectivity index (χ1n) is 6.90. The number of rotatable bonds is 4. The van der Waals surface area contributed by atoms with Crippen LogP contribution in [0.4, 0.5) is 0 Å². The van der Waals surface area contributed by atoms with Gasteiger partial charge < -0.3 is 15.7 Å². The SMILES string of the molecule is CCC[C@@H](N)C(=O)N1Cc2ccccc2C[C@H]1C(=O)O. The summed E-state index contributed by atoms with van der Waals surface area (Å²) < 4.78 is 0. The lowest BCUT2D eigenvalue weighted by Crippen LogP contribution is -2.53. The van der Waals surface area contributed by atoms with Gasteiger partial charge >= 0.3 is 5.97 Å². The maximum absolute atomic E-state index is 12.4. The summed E-state index contributed by atoms with van der Waals surface area (Å²) in [5, 5.41) is 9.36. The number of carbonyl (C=O) groups excluding carboxylic acids is 1. The van der Waals surface area contributed by atoms with E-state index in [1.54, 1.807) is 0 Å². The third-order valence-electron chi connectivity index (χ3n) is 3.73. The molecule has 2 atom stereocenters. The fourth-order valence-electron chi connectivity index (χ4n) is 2.62. The van der Waals surface area contributed by atoms with Crippen molar-refractivity contribution in [2.75, 3.05) is 0 Å². The number of nitrogens with zero attached hydrogens (tertiary/aromatic N) is 1. The largest absolute Gasteiger partial charge is 0.480 e. The number of aliphatic carboxylic acids is 1. The van der Waals surface area contributed by atoms with Gasteiger partial charge in [-0.05, 0) is 17.5 Å². The van der Waals surface area contributed by atoms with Crippen LogP contribution in [-0.2, 0) is 22.6 Å². The topological polar surface area (TPSA) is 83.6 Å². The van der Waals surface area contributed by atoms with E-state index in [1.165, 1.54) is 4.90 Å². The van der Waals surface area contributed by atoms with Crippen LogP contribution in [0.1, 0.15) is 30.9 Å². The Balaban J connectivity index is 2.26. The number of hydrogen-bond acceptors (Lipinski definition) is 3. The van der Waals surface area contributed by atoms with E-state index < -0.39 is 18.1 Å². The smallest absolute Gasteiger partial charge is 0.326 e. The van der Waals surface area contributed by atoms with Crippen molar-refractivity contribution in [3.05, 3.63) is 35.4 Å². The average molecular weight is 276 g/mol. The zero-order valence-corrected chi connectivity index (χ0v) is 11.6. The third-order valence-corrected chi connectivity index (χ3v) is 3.73. The van der Waals surface area contributed by atoms with E-state index in [0.717, 1.165) is 17.5 Å². The Morgan fingerprint density at radius 2 is 2.05 bits per heavy atom. The van der Waals surface area contributed by atoms with E-state index in [9.17, 15) is 14.7 Å². The van der Waals surface area contributed by atoms with E-state index in [0.29, 0.717) is 19.4 Å². The molecular weight excluding hydrogens is 256 g/mol. The first kappa shape index (κ1) is 14.5. The predicted octanol–water partition coefficient (Wildman–Crippen LogP) is 1.15. The Kier molecular flexibility index (Phi) is 4.39. The van der Waals surface area contributed by atoms with Gasteiger partial charge in [0, 0.05) is 13.0 Å². The minimum atomic E-state index is -0.975. The maximum Gasteiger partial charge on any atom is 0.326 e. The highest BCUT2D eigenvalue weighted by atomic mass is 16.4. The molecular formula is C15H20N2O3. The molecule has 5 nitrogen and oxygen atoms in total. The molecule has 1 aromatic carbocycles. The summed E-state index contributed by atoms with van der Waals surface area (Å²) in [5.41, 5.74) is 7.85. The number of carboxylic acids is 1. The normalized spacial score (nSPS) is 19.3. The number of amides is 1. The summed E-state index contributed by atoms with van der Waals surface area (Å²) in [6.07, 6.45) is 1.72. The molecule has 0 aliphatic carbocycles. The van der Waals surface area contributed by atoms with Crippen molar-refractivity contribution in [1.29, 1.82) is 0 Å². The van der Waals surface area contributed by atoms with Gasteiger partial charge in [-0.1, -0.05) is 37.6 Å². The summed E-state index contributed by atoms with van der Waals surface area (Å²) in [6.45, 7) is 2.27. The van der Waals surface area contributed by atoms with Gasteiger partial charge in [-0.25, -0.2) is 4.79 Å². The third kappa shape index (κ3) is 2.82. The number of carboxylic acid groups (broad SMARTS) is 1. The molecule has 0 unspecified atom stereocenters. The molecule has 0 bridgehead atoms. The van der Waals surface area contributed by atoms with Gasteiger partial charge in [0.2, 0.25) is 5.91 Å². The molecule has 0 aromatic heterocycles. The lowest BCUT2D eigenvalue weighted by Gasteiger charge is -2.35. The second-order valence-electron chi connectivity index (χ2n) is 5.19. The maximum atomic E-state index is 12.4. The highest BCUT2D eigenvalue weighted by molar-refractivity contribution is 5.87. The lowest BCUT2D eigenvalue weighted by atomic mass is 9.93.